The van der Waals surface area contributed by atoms with Crippen LogP contribution in [-0.2, 0) is 14.3 Å². The van der Waals surface area contributed by atoms with Crippen LogP contribution in [0.5, 0.6) is 5.88 Å². The fourth-order valence-corrected chi connectivity index (χ4v) is 2.88. The summed E-state index contributed by atoms with van der Waals surface area (Å²) in [5, 5.41) is 19.0. The predicted octanol–water partition coefficient (Wildman–Crippen LogP) is 2.85. The molecule has 190 valence electrons. The van der Waals surface area contributed by atoms with Crippen molar-refractivity contribution in [3.63, 3.8) is 0 Å². The minimum atomic E-state index is -0.521. The molecule has 0 aliphatic carbocycles. The van der Waals surface area contributed by atoms with Gasteiger partial charge in [0.15, 0.2) is 17.3 Å². The van der Waals surface area contributed by atoms with Crippen molar-refractivity contribution in [2.45, 2.75) is 25.9 Å². The van der Waals surface area contributed by atoms with Gasteiger partial charge in [-0.25, -0.2) is 14.5 Å². The number of ether oxygens (including phenoxy) is 3. The summed E-state index contributed by atoms with van der Waals surface area (Å²) < 4.78 is 17.2. The van der Waals surface area contributed by atoms with E-state index in [1.165, 1.54) is 18.1 Å². The van der Waals surface area contributed by atoms with Crippen molar-refractivity contribution in [1.29, 1.82) is 0 Å². The number of pyridine rings is 1. The first-order valence-corrected chi connectivity index (χ1v) is 11.0. The van der Waals surface area contributed by atoms with Gasteiger partial charge in [0.1, 0.15) is 12.9 Å². The summed E-state index contributed by atoms with van der Waals surface area (Å²) in [4.78, 5) is 28.6. The molecule has 36 heavy (non-hydrogen) atoms. The third-order valence-corrected chi connectivity index (χ3v) is 4.47. The molecule has 0 bridgehead atoms. The molecule has 0 radical (unpaired) electrons. The second-order valence-electron chi connectivity index (χ2n) is 7.51. The molecule has 0 saturated carbocycles. The molecule has 14 heteroatoms. The lowest BCUT2D eigenvalue weighted by atomic mass is 10.3. The van der Waals surface area contributed by atoms with Crippen LogP contribution in [0, 0.1) is 0 Å². The molecular weight excluding hydrogens is 468 g/mol. The number of aromatic nitrogens is 6. The topological polar surface area (TPSA) is 163 Å². The van der Waals surface area contributed by atoms with Crippen molar-refractivity contribution in [1.82, 2.24) is 29.7 Å². The number of hydrogen-bond acceptors (Lipinski definition) is 13. The maximum absolute atomic E-state index is 11.3. The number of nitrogens with one attached hydrogen (secondary N) is 2. The number of carbonyl (C=O) groups excluding carboxylic acids is 1. The molecule has 3 rings (SSSR count). The van der Waals surface area contributed by atoms with E-state index in [-0.39, 0.29) is 42.2 Å². The summed E-state index contributed by atoms with van der Waals surface area (Å²) in [6.45, 7) is 7.60. The zero-order valence-electron chi connectivity index (χ0n) is 20.5. The van der Waals surface area contributed by atoms with Crippen LogP contribution >= 0.6 is 0 Å². The van der Waals surface area contributed by atoms with Crippen LogP contribution in [-0.4, -0.2) is 75.2 Å². The number of rotatable bonds is 13. The minimum absolute atomic E-state index is 0.0887. The van der Waals surface area contributed by atoms with E-state index < -0.39 is 5.97 Å². The van der Waals surface area contributed by atoms with E-state index in [4.69, 9.17) is 14.2 Å². The third kappa shape index (κ3) is 7.27. The highest BCUT2D eigenvalue weighted by Gasteiger charge is 2.19. The van der Waals surface area contributed by atoms with E-state index in [1.54, 1.807) is 25.4 Å². The molecule has 2 unspecified atom stereocenters. The number of anilines is 2. The first kappa shape index (κ1) is 26.2. The van der Waals surface area contributed by atoms with Crippen LogP contribution in [0.1, 0.15) is 13.8 Å². The normalized spacial score (nSPS) is 12.7. The quantitative estimate of drug-likeness (QED) is 0.203. The molecule has 3 heterocycles. The first-order valence-electron chi connectivity index (χ1n) is 11.0. The van der Waals surface area contributed by atoms with Crippen molar-refractivity contribution in [3.05, 3.63) is 43.4 Å². The summed E-state index contributed by atoms with van der Waals surface area (Å²) in [5.74, 6) is 0.912. The molecule has 2 N–H and O–H groups in total. The molecule has 0 aliphatic heterocycles. The second kappa shape index (κ2) is 12.9. The fraction of sp³-hybridized carbons (Fsp3) is 0.364. The van der Waals surface area contributed by atoms with Crippen molar-refractivity contribution in [3.8, 4) is 11.7 Å². The Hall–Kier alpha value is -4.46. The summed E-state index contributed by atoms with van der Waals surface area (Å²) in [7, 11) is 3.05. The Morgan fingerprint density at radius 1 is 1.14 bits per heavy atom. The van der Waals surface area contributed by atoms with Crippen molar-refractivity contribution in [2.24, 2.45) is 10.2 Å². The van der Waals surface area contributed by atoms with E-state index in [2.05, 4.69) is 52.5 Å². The van der Waals surface area contributed by atoms with Gasteiger partial charge in [-0.2, -0.15) is 15.0 Å². The van der Waals surface area contributed by atoms with Crippen molar-refractivity contribution < 1.29 is 19.0 Å². The lowest BCUT2D eigenvalue weighted by molar-refractivity contribution is -0.137. The number of azo groups is 1. The van der Waals surface area contributed by atoms with E-state index in [1.807, 2.05) is 19.9 Å². The zero-order valence-corrected chi connectivity index (χ0v) is 20.5. The van der Waals surface area contributed by atoms with Crippen molar-refractivity contribution in [2.75, 3.05) is 38.1 Å². The Kier molecular flexibility index (Phi) is 9.33. The Labute approximate surface area is 207 Å². The summed E-state index contributed by atoms with van der Waals surface area (Å²) in [6, 6.07) is 5.02. The highest BCUT2D eigenvalue weighted by Crippen LogP contribution is 2.35. The lowest BCUT2D eigenvalue weighted by Crippen LogP contribution is -2.25. The third-order valence-electron chi connectivity index (χ3n) is 4.47. The summed E-state index contributed by atoms with van der Waals surface area (Å²) in [6.07, 6.45) is 4.23. The molecule has 0 amide bonds. The molecule has 3 aromatic heterocycles. The number of hydrogen-bond donors (Lipinski definition) is 2. The standard InChI is InChI=1S/C22H28N10O4/c1-6-17(33)36-12-15(3)26-22-27-19(25-14(2)11-34-4)18(20(28-22)35-5)29-30-21-24-13-32(31-21)16-9-7-8-10-23-16/h6-10,13-15H,1,11-12H2,2-5H3,(H2,25,26,27,28). The Bertz CT molecular complexity index is 1180. The largest absolute Gasteiger partial charge is 0.479 e. The molecule has 0 fully saturated rings. The Morgan fingerprint density at radius 3 is 2.64 bits per heavy atom. The van der Waals surface area contributed by atoms with Gasteiger partial charge in [0.2, 0.25) is 11.8 Å². The van der Waals surface area contributed by atoms with Crippen LogP contribution < -0.4 is 15.4 Å². The van der Waals surface area contributed by atoms with E-state index in [0.29, 0.717) is 18.2 Å². The second-order valence-corrected chi connectivity index (χ2v) is 7.51. The lowest BCUT2D eigenvalue weighted by Gasteiger charge is -2.18. The highest BCUT2D eigenvalue weighted by molar-refractivity contribution is 5.81. The van der Waals surface area contributed by atoms with Gasteiger partial charge in [0, 0.05) is 25.4 Å². The molecule has 0 saturated heterocycles. The van der Waals surface area contributed by atoms with Crippen LogP contribution in [0.25, 0.3) is 5.82 Å². The molecule has 0 aromatic carbocycles. The van der Waals surface area contributed by atoms with Gasteiger partial charge in [0.25, 0.3) is 5.95 Å². The molecule has 14 nitrogen and oxygen atoms in total. The van der Waals surface area contributed by atoms with E-state index in [0.717, 1.165) is 6.08 Å². The summed E-state index contributed by atoms with van der Waals surface area (Å²) >= 11 is 0. The van der Waals surface area contributed by atoms with Gasteiger partial charge in [-0.05, 0) is 26.0 Å². The molecule has 3 aromatic rings. The molecule has 0 spiro atoms. The van der Waals surface area contributed by atoms with Crippen LogP contribution in [0.4, 0.5) is 23.4 Å². The Morgan fingerprint density at radius 2 is 1.94 bits per heavy atom. The van der Waals surface area contributed by atoms with E-state index in [9.17, 15) is 4.79 Å². The van der Waals surface area contributed by atoms with Gasteiger partial charge in [-0.15, -0.1) is 15.3 Å². The monoisotopic (exact) mass is 496 g/mol. The zero-order chi connectivity index (χ0) is 25.9. The number of nitrogens with zero attached hydrogens (tertiary/aromatic N) is 8. The van der Waals surface area contributed by atoms with Gasteiger partial charge in [0.05, 0.1) is 19.8 Å². The van der Waals surface area contributed by atoms with Crippen LogP contribution in [0.15, 0.2) is 53.6 Å². The van der Waals surface area contributed by atoms with Crippen LogP contribution in [0.2, 0.25) is 0 Å². The number of methoxy groups -OCH3 is 2. The SMILES string of the molecule is C=CC(=O)OCC(C)Nc1nc(NC(C)COC)c(N=Nc2ncn(-c3ccccn3)n2)c(OC)n1. The number of esters is 1. The maximum Gasteiger partial charge on any atom is 0.330 e. The smallest absolute Gasteiger partial charge is 0.330 e. The minimum Gasteiger partial charge on any atom is -0.479 e. The maximum atomic E-state index is 11.3. The molecular formula is C22H28N10O4. The van der Waals surface area contributed by atoms with Crippen molar-refractivity contribution >= 4 is 29.4 Å². The number of carbonyl (C=O) groups is 1. The van der Waals surface area contributed by atoms with Gasteiger partial charge < -0.3 is 24.8 Å². The average Bonchev–Trinajstić information content (AvgIpc) is 3.36. The predicted molar refractivity (Wildman–Crippen MR) is 131 cm³/mol. The molecule has 2 atom stereocenters. The highest BCUT2D eigenvalue weighted by atomic mass is 16.5. The first-order chi connectivity index (χ1) is 17.4. The average molecular weight is 497 g/mol. The Balaban J connectivity index is 1.88. The van der Waals surface area contributed by atoms with Gasteiger partial charge in [-0.3, -0.25) is 0 Å². The van der Waals surface area contributed by atoms with Gasteiger partial charge in [-0.1, -0.05) is 12.6 Å². The van der Waals surface area contributed by atoms with Gasteiger partial charge >= 0.3 is 5.97 Å². The summed E-state index contributed by atoms with van der Waals surface area (Å²) in [5.41, 5.74) is 0.242. The molecule has 0 aliphatic rings. The fourth-order valence-electron chi connectivity index (χ4n) is 2.88. The van der Waals surface area contributed by atoms with E-state index >= 15 is 0 Å². The van der Waals surface area contributed by atoms with Crippen LogP contribution in [0.3, 0.4) is 0 Å².